The summed E-state index contributed by atoms with van der Waals surface area (Å²) in [4.78, 5) is 3.81. The number of nitrogens with two attached hydrogens (primary N) is 1. The van der Waals surface area contributed by atoms with E-state index in [1.54, 1.807) is 12.3 Å². The van der Waals surface area contributed by atoms with E-state index in [9.17, 15) is 12.8 Å². The molecule has 0 saturated heterocycles. The number of para-hydroxylation sites is 1. The van der Waals surface area contributed by atoms with Crippen LogP contribution in [0.15, 0.2) is 41.4 Å². The number of nitrogen functional groups attached to an aromatic ring is 1. The highest BCUT2D eigenvalue weighted by atomic mass is 32.2. The number of sulfonamides is 1. The Labute approximate surface area is 116 Å². The van der Waals surface area contributed by atoms with E-state index >= 15 is 0 Å². The number of halogens is 1. The van der Waals surface area contributed by atoms with Crippen LogP contribution in [0.2, 0.25) is 0 Å². The monoisotopic (exact) mass is 295 g/mol. The number of pyridine rings is 1. The first kappa shape index (κ1) is 14.4. The Morgan fingerprint density at radius 1 is 1.30 bits per heavy atom. The maximum Gasteiger partial charge on any atom is 0.243 e. The predicted molar refractivity (Wildman–Crippen MR) is 73.8 cm³/mol. The Hall–Kier alpha value is -1.99. The molecule has 0 bridgehead atoms. The number of aromatic nitrogens is 1. The van der Waals surface area contributed by atoms with Crippen LogP contribution in [0.4, 0.5) is 10.1 Å². The lowest BCUT2D eigenvalue weighted by Crippen LogP contribution is -2.25. The number of rotatable bonds is 4. The van der Waals surface area contributed by atoms with E-state index < -0.39 is 21.5 Å². The van der Waals surface area contributed by atoms with Crippen molar-refractivity contribution in [3.05, 3.63) is 53.6 Å². The van der Waals surface area contributed by atoms with E-state index in [1.165, 1.54) is 12.1 Å². The van der Waals surface area contributed by atoms with Crippen LogP contribution in [0.25, 0.3) is 0 Å². The number of hydrogen-bond donors (Lipinski definition) is 2. The van der Waals surface area contributed by atoms with Gasteiger partial charge in [-0.3, -0.25) is 4.98 Å². The average Bonchev–Trinajstić information content (AvgIpc) is 2.41. The second-order valence-electron chi connectivity index (χ2n) is 4.24. The fourth-order valence-corrected chi connectivity index (χ4v) is 2.82. The van der Waals surface area contributed by atoms with E-state index in [2.05, 4.69) is 9.71 Å². The van der Waals surface area contributed by atoms with E-state index in [0.717, 1.165) is 11.6 Å². The van der Waals surface area contributed by atoms with Crippen LogP contribution in [0.3, 0.4) is 0 Å². The molecule has 3 N–H and O–H groups in total. The van der Waals surface area contributed by atoms with Gasteiger partial charge in [0, 0.05) is 6.20 Å². The summed E-state index contributed by atoms with van der Waals surface area (Å²) in [5.41, 5.74) is 6.53. The van der Waals surface area contributed by atoms with E-state index in [-0.39, 0.29) is 11.4 Å². The summed E-state index contributed by atoms with van der Waals surface area (Å²) >= 11 is 0. The standard InChI is InChI=1S/C13H14FN3O2S/c1-9-4-3-7-16-11(9)8-17-20(18,19)12-6-2-5-10(14)13(12)15/h2-7,17H,8,15H2,1H3. The lowest BCUT2D eigenvalue weighted by molar-refractivity contribution is 0.578. The van der Waals surface area contributed by atoms with Crippen molar-refractivity contribution < 1.29 is 12.8 Å². The molecule has 0 amide bonds. The van der Waals surface area contributed by atoms with Crippen LogP contribution in [0, 0.1) is 12.7 Å². The molecule has 106 valence electrons. The Morgan fingerprint density at radius 3 is 2.75 bits per heavy atom. The molecule has 5 nitrogen and oxygen atoms in total. The molecule has 0 aliphatic heterocycles. The summed E-state index contributed by atoms with van der Waals surface area (Å²) in [6, 6.07) is 7.25. The third kappa shape index (κ3) is 2.94. The molecule has 1 aromatic carbocycles. The summed E-state index contributed by atoms with van der Waals surface area (Å²) in [6.07, 6.45) is 1.58. The van der Waals surface area contributed by atoms with Gasteiger partial charge in [-0.05, 0) is 30.7 Å². The third-order valence-corrected chi connectivity index (χ3v) is 4.31. The van der Waals surface area contributed by atoms with E-state index in [4.69, 9.17) is 5.73 Å². The van der Waals surface area contributed by atoms with Crippen molar-refractivity contribution in [2.24, 2.45) is 0 Å². The Kier molecular flexibility index (Phi) is 4.01. The Bertz CT molecular complexity index is 732. The van der Waals surface area contributed by atoms with Gasteiger partial charge in [0.05, 0.1) is 17.9 Å². The molecule has 0 fully saturated rings. The zero-order valence-corrected chi connectivity index (χ0v) is 11.6. The van der Waals surface area contributed by atoms with Crippen molar-refractivity contribution in [3.63, 3.8) is 0 Å². The lowest BCUT2D eigenvalue weighted by atomic mass is 10.2. The van der Waals surface area contributed by atoms with Gasteiger partial charge in [0.1, 0.15) is 10.7 Å². The minimum Gasteiger partial charge on any atom is -0.395 e. The van der Waals surface area contributed by atoms with Crippen LogP contribution in [-0.4, -0.2) is 13.4 Å². The molecule has 0 unspecified atom stereocenters. The van der Waals surface area contributed by atoms with Gasteiger partial charge in [0.15, 0.2) is 0 Å². The van der Waals surface area contributed by atoms with E-state index in [1.807, 2.05) is 13.0 Å². The van der Waals surface area contributed by atoms with Gasteiger partial charge in [-0.2, -0.15) is 0 Å². The fraction of sp³-hybridized carbons (Fsp3) is 0.154. The Morgan fingerprint density at radius 2 is 2.05 bits per heavy atom. The topological polar surface area (TPSA) is 85.1 Å². The molecule has 0 aliphatic rings. The number of nitrogens with one attached hydrogen (secondary N) is 1. The van der Waals surface area contributed by atoms with Gasteiger partial charge >= 0.3 is 0 Å². The number of benzene rings is 1. The second-order valence-corrected chi connectivity index (χ2v) is 5.98. The quantitative estimate of drug-likeness (QED) is 0.839. The minimum atomic E-state index is -3.88. The van der Waals surface area contributed by atoms with Crippen molar-refractivity contribution >= 4 is 15.7 Å². The molecule has 2 aromatic rings. The first-order chi connectivity index (χ1) is 9.42. The molecule has 7 heteroatoms. The SMILES string of the molecule is Cc1cccnc1CNS(=O)(=O)c1cccc(F)c1N. The molecule has 0 spiro atoms. The van der Waals surface area contributed by atoms with Gasteiger partial charge in [0.2, 0.25) is 10.0 Å². The lowest BCUT2D eigenvalue weighted by Gasteiger charge is -2.10. The minimum absolute atomic E-state index is 0.0188. The molecule has 0 saturated carbocycles. The highest BCUT2D eigenvalue weighted by Gasteiger charge is 2.19. The van der Waals surface area contributed by atoms with Gasteiger partial charge in [-0.25, -0.2) is 17.5 Å². The molecular weight excluding hydrogens is 281 g/mol. The summed E-state index contributed by atoms with van der Waals surface area (Å²) in [7, 11) is -3.88. The summed E-state index contributed by atoms with van der Waals surface area (Å²) in [5, 5.41) is 0. The summed E-state index contributed by atoms with van der Waals surface area (Å²) < 4.78 is 39.9. The predicted octanol–water partition coefficient (Wildman–Crippen LogP) is 1.59. The second kappa shape index (κ2) is 5.56. The highest BCUT2D eigenvalue weighted by Crippen LogP contribution is 2.21. The summed E-state index contributed by atoms with van der Waals surface area (Å²) in [6.45, 7) is 1.85. The van der Waals surface area contributed by atoms with Crippen molar-refractivity contribution in [1.29, 1.82) is 0 Å². The molecule has 1 heterocycles. The third-order valence-electron chi connectivity index (χ3n) is 2.85. The van der Waals surface area contributed by atoms with E-state index in [0.29, 0.717) is 5.69 Å². The number of hydrogen-bond acceptors (Lipinski definition) is 4. The normalized spacial score (nSPS) is 11.5. The average molecular weight is 295 g/mol. The molecule has 1 aromatic heterocycles. The molecule has 0 aliphatic carbocycles. The van der Waals surface area contributed by atoms with Crippen molar-refractivity contribution in [2.45, 2.75) is 18.4 Å². The van der Waals surface area contributed by atoms with Gasteiger partial charge in [-0.15, -0.1) is 0 Å². The van der Waals surface area contributed by atoms with Crippen LogP contribution >= 0.6 is 0 Å². The van der Waals surface area contributed by atoms with Crippen LogP contribution in [-0.2, 0) is 16.6 Å². The zero-order chi connectivity index (χ0) is 14.8. The van der Waals surface area contributed by atoms with Crippen LogP contribution < -0.4 is 10.5 Å². The number of aryl methyl sites for hydroxylation is 1. The summed E-state index contributed by atoms with van der Waals surface area (Å²) in [5.74, 6) is -0.762. The fourth-order valence-electron chi connectivity index (χ4n) is 1.70. The first-order valence-electron chi connectivity index (χ1n) is 5.86. The van der Waals surface area contributed by atoms with Crippen molar-refractivity contribution in [1.82, 2.24) is 9.71 Å². The van der Waals surface area contributed by atoms with Gasteiger partial charge in [-0.1, -0.05) is 12.1 Å². The van der Waals surface area contributed by atoms with Crippen LogP contribution in [0.1, 0.15) is 11.3 Å². The maximum atomic E-state index is 13.3. The van der Waals surface area contributed by atoms with Crippen molar-refractivity contribution in [3.8, 4) is 0 Å². The first-order valence-corrected chi connectivity index (χ1v) is 7.34. The van der Waals surface area contributed by atoms with Crippen LogP contribution in [0.5, 0.6) is 0 Å². The Balaban J connectivity index is 2.24. The van der Waals surface area contributed by atoms with Gasteiger partial charge in [0.25, 0.3) is 0 Å². The molecule has 0 radical (unpaired) electrons. The van der Waals surface area contributed by atoms with Gasteiger partial charge < -0.3 is 5.73 Å². The number of nitrogens with zero attached hydrogens (tertiary/aromatic N) is 1. The largest absolute Gasteiger partial charge is 0.395 e. The maximum absolute atomic E-state index is 13.3. The van der Waals surface area contributed by atoms with Crippen molar-refractivity contribution in [2.75, 3.05) is 5.73 Å². The smallest absolute Gasteiger partial charge is 0.243 e. The zero-order valence-electron chi connectivity index (χ0n) is 10.8. The number of anilines is 1. The highest BCUT2D eigenvalue weighted by molar-refractivity contribution is 7.89. The molecule has 0 atom stereocenters. The molecule has 20 heavy (non-hydrogen) atoms. The molecular formula is C13H14FN3O2S. The molecule has 2 rings (SSSR count).